The van der Waals surface area contributed by atoms with Crippen LogP contribution in [0.5, 0.6) is 0 Å². The zero-order valence-electron chi connectivity index (χ0n) is 10.5. The summed E-state index contributed by atoms with van der Waals surface area (Å²) in [5, 5.41) is 20.5. The molecule has 102 valence electrons. The number of carbonyl (C=O) groups is 1. The molecule has 0 N–H and O–H groups in total. The van der Waals surface area contributed by atoms with Gasteiger partial charge in [0.25, 0.3) is 11.0 Å². The highest BCUT2D eigenvalue weighted by Crippen LogP contribution is 2.23. The summed E-state index contributed by atoms with van der Waals surface area (Å²) in [7, 11) is 0. The zero-order chi connectivity index (χ0) is 14.7. The van der Waals surface area contributed by atoms with Gasteiger partial charge in [0, 0.05) is 0 Å². The van der Waals surface area contributed by atoms with Crippen LogP contribution >= 0.6 is 11.3 Å². The number of nitrogens with zero attached hydrogens (tertiary/aromatic N) is 7. The highest BCUT2D eigenvalue weighted by atomic mass is 32.1. The van der Waals surface area contributed by atoms with Crippen molar-refractivity contribution < 1.29 is 4.79 Å². The van der Waals surface area contributed by atoms with E-state index in [1.807, 2.05) is 6.07 Å². The summed E-state index contributed by atoms with van der Waals surface area (Å²) in [5.74, 6) is -0.433. The fourth-order valence-electron chi connectivity index (χ4n) is 1.69. The third-order valence-electron chi connectivity index (χ3n) is 2.61. The van der Waals surface area contributed by atoms with Crippen LogP contribution in [0.3, 0.4) is 0 Å². The van der Waals surface area contributed by atoms with E-state index < -0.39 is 11.9 Å². The van der Waals surface area contributed by atoms with E-state index >= 15 is 0 Å². The maximum absolute atomic E-state index is 12.3. The van der Waals surface area contributed by atoms with Crippen molar-refractivity contribution in [2.75, 3.05) is 5.01 Å². The van der Waals surface area contributed by atoms with Crippen LogP contribution < -0.4 is 5.01 Å². The van der Waals surface area contributed by atoms with Crippen LogP contribution in [0.15, 0.2) is 51.2 Å². The Balaban J connectivity index is 1.88. The fraction of sp³-hybridized carbons (Fsp3) is 0.0833. The van der Waals surface area contributed by atoms with Gasteiger partial charge in [0.15, 0.2) is 0 Å². The summed E-state index contributed by atoms with van der Waals surface area (Å²) in [6.07, 6.45) is 0. The van der Waals surface area contributed by atoms with Gasteiger partial charge < -0.3 is 4.85 Å². The van der Waals surface area contributed by atoms with E-state index in [9.17, 15) is 4.79 Å². The number of benzene rings is 1. The second-order valence-electron chi connectivity index (χ2n) is 3.89. The molecule has 1 aromatic heterocycles. The number of hydrogen-bond acceptors (Lipinski definition) is 7. The van der Waals surface area contributed by atoms with Crippen molar-refractivity contribution in [3.8, 4) is 0 Å². The smallest absolute Gasteiger partial charge is 0.307 e. The van der Waals surface area contributed by atoms with Gasteiger partial charge in [-0.1, -0.05) is 36.1 Å². The molecule has 0 saturated heterocycles. The van der Waals surface area contributed by atoms with E-state index in [1.54, 1.807) is 24.3 Å². The van der Waals surface area contributed by atoms with E-state index in [4.69, 9.17) is 6.57 Å². The highest BCUT2D eigenvalue weighted by molar-refractivity contribution is 7.13. The van der Waals surface area contributed by atoms with E-state index in [1.165, 1.54) is 16.8 Å². The number of rotatable bonds is 3. The van der Waals surface area contributed by atoms with Crippen LogP contribution in [0.25, 0.3) is 4.85 Å². The van der Waals surface area contributed by atoms with Gasteiger partial charge in [-0.25, -0.2) is 0 Å². The standard InChI is InChI=1S/C12H7N7OS/c1-13-10-9(15-17-12-16-14-7-21-12)11(20)19(18-10)8-5-3-2-4-6-8/h2-7,9H. The fourth-order valence-corrected chi connectivity index (χ4v) is 2.07. The molecule has 0 radical (unpaired) electrons. The number of carbonyl (C=O) groups excluding carboxylic acids is 1. The molecule has 9 heteroatoms. The Morgan fingerprint density at radius 2 is 2.14 bits per heavy atom. The number of hydrazone groups is 1. The lowest BCUT2D eigenvalue weighted by Crippen LogP contribution is -2.29. The average Bonchev–Trinajstić information content (AvgIpc) is 3.14. The van der Waals surface area contributed by atoms with Crippen LogP contribution in [0.1, 0.15) is 0 Å². The monoisotopic (exact) mass is 297 g/mol. The SMILES string of the molecule is [C-]#[N+]C1=NN(c2ccccc2)C(=O)C1N=Nc1nncs1. The summed E-state index contributed by atoms with van der Waals surface area (Å²) < 4.78 is 0. The lowest BCUT2D eigenvalue weighted by molar-refractivity contribution is -0.117. The van der Waals surface area contributed by atoms with Crippen molar-refractivity contribution in [2.24, 2.45) is 15.3 Å². The molecular weight excluding hydrogens is 290 g/mol. The number of amides is 1. The number of para-hydroxylation sites is 1. The Kier molecular flexibility index (Phi) is 3.44. The topological polar surface area (TPSA) is 87.5 Å². The number of azo groups is 1. The van der Waals surface area contributed by atoms with Crippen molar-refractivity contribution in [1.29, 1.82) is 0 Å². The van der Waals surface area contributed by atoms with Crippen molar-refractivity contribution in [3.05, 3.63) is 47.3 Å². The maximum Gasteiger partial charge on any atom is 0.307 e. The lowest BCUT2D eigenvalue weighted by Gasteiger charge is -2.07. The van der Waals surface area contributed by atoms with Gasteiger partial charge in [-0.2, -0.15) is 5.11 Å². The molecule has 2 heterocycles. The molecule has 1 aliphatic heterocycles. The van der Waals surface area contributed by atoms with Crippen LogP contribution in [0, 0.1) is 6.57 Å². The predicted molar refractivity (Wildman–Crippen MR) is 76.2 cm³/mol. The van der Waals surface area contributed by atoms with Gasteiger partial charge in [0.05, 0.1) is 5.69 Å². The Labute approximate surface area is 123 Å². The summed E-state index contributed by atoms with van der Waals surface area (Å²) in [4.78, 5) is 15.6. The first-order chi connectivity index (χ1) is 10.3. The molecule has 1 atom stereocenters. The molecular formula is C12H7N7OS. The van der Waals surface area contributed by atoms with E-state index in [-0.39, 0.29) is 5.84 Å². The highest BCUT2D eigenvalue weighted by Gasteiger charge is 2.40. The Bertz CT molecular complexity index is 748. The summed E-state index contributed by atoms with van der Waals surface area (Å²) >= 11 is 1.19. The third kappa shape index (κ3) is 2.52. The van der Waals surface area contributed by atoms with E-state index in [2.05, 4.69) is 30.4 Å². The summed E-state index contributed by atoms with van der Waals surface area (Å²) in [5.41, 5.74) is 2.09. The molecule has 1 amide bonds. The predicted octanol–water partition coefficient (Wildman–Crippen LogP) is 2.27. The van der Waals surface area contributed by atoms with Crippen LogP contribution in [-0.2, 0) is 4.79 Å². The average molecular weight is 297 g/mol. The van der Waals surface area contributed by atoms with Gasteiger partial charge in [0.1, 0.15) is 5.51 Å². The van der Waals surface area contributed by atoms with Crippen molar-refractivity contribution in [2.45, 2.75) is 6.04 Å². The number of amidine groups is 1. The molecule has 1 aromatic carbocycles. The molecule has 0 saturated carbocycles. The Hall–Kier alpha value is -2.99. The Morgan fingerprint density at radius 3 is 2.81 bits per heavy atom. The molecule has 1 unspecified atom stereocenters. The lowest BCUT2D eigenvalue weighted by atomic mass is 10.2. The van der Waals surface area contributed by atoms with Gasteiger partial charge in [0.2, 0.25) is 6.04 Å². The molecule has 1 aliphatic rings. The van der Waals surface area contributed by atoms with Gasteiger partial charge in [-0.3, -0.25) is 4.79 Å². The second kappa shape index (κ2) is 5.56. The normalized spacial score (nSPS) is 18.0. The number of anilines is 1. The minimum atomic E-state index is -1.04. The maximum atomic E-state index is 12.3. The molecule has 0 spiro atoms. The molecule has 0 bridgehead atoms. The minimum absolute atomic E-state index is 0.0166. The van der Waals surface area contributed by atoms with Crippen molar-refractivity contribution in [1.82, 2.24) is 10.2 Å². The van der Waals surface area contributed by atoms with Crippen molar-refractivity contribution in [3.63, 3.8) is 0 Å². The van der Waals surface area contributed by atoms with Gasteiger partial charge in [-0.05, 0) is 17.2 Å². The van der Waals surface area contributed by atoms with Gasteiger partial charge in [-0.15, -0.1) is 20.3 Å². The van der Waals surface area contributed by atoms with E-state index in [0.29, 0.717) is 10.8 Å². The first-order valence-corrected chi connectivity index (χ1v) is 6.69. The van der Waals surface area contributed by atoms with Crippen LogP contribution in [-0.4, -0.2) is 28.0 Å². The number of aromatic nitrogens is 2. The molecule has 3 rings (SSSR count). The summed E-state index contributed by atoms with van der Waals surface area (Å²) in [6, 6.07) is 7.82. The first-order valence-electron chi connectivity index (χ1n) is 5.81. The van der Waals surface area contributed by atoms with E-state index in [0.717, 1.165) is 5.01 Å². The molecule has 0 aliphatic carbocycles. The first kappa shape index (κ1) is 13.0. The Morgan fingerprint density at radius 1 is 1.33 bits per heavy atom. The minimum Gasteiger partial charge on any atom is -0.360 e. The van der Waals surface area contributed by atoms with Gasteiger partial charge >= 0.3 is 5.84 Å². The molecule has 8 nitrogen and oxygen atoms in total. The number of hydrogen-bond donors (Lipinski definition) is 0. The van der Waals surface area contributed by atoms with Crippen LogP contribution in [0.4, 0.5) is 10.8 Å². The molecule has 2 aromatic rings. The second-order valence-corrected chi connectivity index (χ2v) is 4.71. The third-order valence-corrected chi connectivity index (χ3v) is 3.19. The molecule has 21 heavy (non-hydrogen) atoms. The quantitative estimate of drug-likeness (QED) is 0.643. The van der Waals surface area contributed by atoms with Crippen molar-refractivity contribution >= 4 is 33.9 Å². The van der Waals surface area contributed by atoms with Crippen LogP contribution in [0.2, 0.25) is 0 Å². The zero-order valence-corrected chi connectivity index (χ0v) is 11.3. The largest absolute Gasteiger partial charge is 0.360 e. The summed E-state index contributed by atoms with van der Waals surface area (Å²) in [6.45, 7) is 7.11. The molecule has 0 fully saturated rings.